The molecule has 0 bridgehead atoms. The van der Waals surface area contributed by atoms with Gasteiger partial charge in [0.25, 0.3) is 0 Å². The lowest BCUT2D eigenvalue weighted by atomic mass is 9.99. The van der Waals surface area contributed by atoms with Crippen LogP contribution in [0.2, 0.25) is 0 Å². The zero-order valence-corrected chi connectivity index (χ0v) is 11.5. The van der Waals surface area contributed by atoms with Crippen LogP contribution in [0.3, 0.4) is 0 Å². The predicted octanol–water partition coefficient (Wildman–Crippen LogP) is 1.71. The van der Waals surface area contributed by atoms with Gasteiger partial charge in [0.2, 0.25) is 5.91 Å². The first-order valence-electron chi connectivity index (χ1n) is 5.98. The highest BCUT2D eigenvalue weighted by molar-refractivity contribution is 7.08. The van der Waals surface area contributed by atoms with E-state index in [4.69, 9.17) is 0 Å². The normalized spacial score (nSPS) is 13.8. The third-order valence-electron chi connectivity index (χ3n) is 2.86. The van der Waals surface area contributed by atoms with Crippen LogP contribution >= 0.6 is 11.3 Å². The summed E-state index contributed by atoms with van der Waals surface area (Å²) in [5.41, 5.74) is 0.638. The van der Waals surface area contributed by atoms with E-state index >= 15 is 0 Å². The summed E-state index contributed by atoms with van der Waals surface area (Å²) in [5, 5.41) is 16.8. The van der Waals surface area contributed by atoms with Crippen LogP contribution in [-0.4, -0.2) is 22.5 Å². The molecule has 100 valence electrons. The Labute approximate surface area is 116 Å². The van der Waals surface area contributed by atoms with Crippen LogP contribution in [0.4, 0.5) is 0 Å². The number of rotatable bonds is 5. The number of aliphatic hydroxyl groups is 1. The summed E-state index contributed by atoms with van der Waals surface area (Å²) >= 11 is 1.52. The Bertz CT molecular complexity index is 524. The largest absolute Gasteiger partial charge is 0.384 e. The quantitative estimate of drug-likeness (QED) is 0.874. The van der Waals surface area contributed by atoms with Crippen molar-refractivity contribution >= 4 is 17.2 Å². The predicted molar refractivity (Wildman–Crippen MR) is 74.8 cm³/mol. The number of thiophene rings is 1. The van der Waals surface area contributed by atoms with Crippen molar-refractivity contribution in [1.82, 2.24) is 10.3 Å². The molecular weight excluding hydrogens is 260 g/mol. The molecule has 0 aliphatic carbocycles. The number of hydrogen-bond donors (Lipinski definition) is 2. The molecule has 5 heteroatoms. The van der Waals surface area contributed by atoms with Gasteiger partial charge in [0.1, 0.15) is 5.60 Å². The maximum Gasteiger partial charge on any atom is 0.224 e. The van der Waals surface area contributed by atoms with Crippen molar-refractivity contribution in [2.75, 3.05) is 6.54 Å². The maximum absolute atomic E-state index is 11.8. The fourth-order valence-corrected chi connectivity index (χ4v) is 2.48. The molecule has 1 unspecified atom stereocenters. The smallest absolute Gasteiger partial charge is 0.224 e. The molecule has 19 heavy (non-hydrogen) atoms. The minimum absolute atomic E-state index is 0.122. The molecule has 0 spiro atoms. The lowest BCUT2D eigenvalue weighted by Crippen LogP contribution is -2.39. The van der Waals surface area contributed by atoms with Crippen LogP contribution in [-0.2, 0) is 16.8 Å². The van der Waals surface area contributed by atoms with Crippen LogP contribution in [0.15, 0.2) is 41.4 Å². The van der Waals surface area contributed by atoms with Gasteiger partial charge >= 0.3 is 0 Å². The number of carbonyl (C=O) groups excluding carboxylic acids is 1. The summed E-state index contributed by atoms with van der Waals surface area (Å²) in [7, 11) is 0. The molecule has 0 aromatic carbocycles. The van der Waals surface area contributed by atoms with E-state index in [1.54, 1.807) is 25.4 Å². The first-order valence-corrected chi connectivity index (χ1v) is 6.93. The Balaban J connectivity index is 1.87. The van der Waals surface area contributed by atoms with Gasteiger partial charge in [-0.3, -0.25) is 9.78 Å². The van der Waals surface area contributed by atoms with Gasteiger partial charge in [-0.25, -0.2) is 0 Å². The topological polar surface area (TPSA) is 62.2 Å². The molecule has 2 aromatic rings. The van der Waals surface area contributed by atoms with Crippen LogP contribution in [0.5, 0.6) is 0 Å². The van der Waals surface area contributed by atoms with Gasteiger partial charge in [0.05, 0.1) is 13.0 Å². The number of aromatic nitrogens is 1. The van der Waals surface area contributed by atoms with Gasteiger partial charge < -0.3 is 10.4 Å². The molecule has 0 radical (unpaired) electrons. The molecule has 1 atom stereocenters. The molecule has 0 fully saturated rings. The van der Waals surface area contributed by atoms with E-state index in [1.165, 1.54) is 11.3 Å². The van der Waals surface area contributed by atoms with Crippen molar-refractivity contribution < 1.29 is 9.90 Å². The summed E-state index contributed by atoms with van der Waals surface area (Å²) in [6.45, 7) is 1.89. The number of carbonyl (C=O) groups is 1. The molecule has 1 amide bonds. The number of nitrogens with one attached hydrogen (secondary N) is 1. The third-order valence-corrected chi connectivity index (χ3v) is 3.54. The van der Waals surface area contributed by atoms with Gasteiger partial charge in [-0.05, 0) is 40.9 Å². The van der Waals surface area contributed by atoms with E-state index in [0.717, 1.165) is 11.1 Å². The van der Waals surface area contributed by atoms with Gasteiger partial charge in [-0.1, -0.05) is 6.07 Å². The van der Waals surface area contributed by atoms with Crippen molar-refractivity contribution in [1.29, 1.82) is 0 Å². The number of amides is 1. The minimum Gasteiger partial charge on any atom is -0.384 e. The Hall–Kier alpha value is -1.72. The molecule has 0 aliphatic rings. The van der Waals surface area contributed by atoms with Crippen LogP contribution in [0.25, 0.3) is 0 Å². The highest BCUT2D eigenvalue weighted by Gasteiger charge is 2.24. The fraction of sp³-hybridized carbons (Fsp3) is 0.286. The summed E-state index contributed by atoms with van der Waals surface area (Å²) in [4.78, 5) is 15.7. The van der Waals surface area contributed by atoms with E-state index in [1.807, 2.05) is 22.9 Å². The van der Waals surface area contributed by atoms with E-state index in [2.05, 4.69) is 10.3 Å². The van der Waals surface area contributed by atoms with E-state index in [0.29, 0.717) is 0 Å². The average Bonchev–Trinajstić information content (AvgIpc) is 2.92. The Morgan fingerprint density at radius 1 is 1.53 bits per heavy atom. The second kappa shape index (κ2) is 5.95. The molecule has 0 aliphatic heterocycles. The Morgan fingerprint density at radius 2 is 2.37 bits per heavy atom. The van der Waals surface area contributed by atoms with Crippen LogP contribution in [0.1, 0.15) is 18.1 Å². The van der Waals surface area contributed by atoms with Crippen molar-refractivity contribution in [3.63, 3.8) is 0 Å². The number of pyridine rings is 1. The van der Waals surface area contributed by atoms with Crippen molar-refractivity contribution in [3.05, 3.63) is 52.5 Å². The highest BCUT2D eigenvalue weighted by Crippen LogP contribution is 2.21. The fourth-order valence-electron chi connectivity index (χ4n) is 1.69. The minimum atomic E-state index is -1.04. The SMILES string of the molecule is CC(O)(CNC(=O)Cc1cccnc1)c1ccsc1. The summed E-state index contributed by atoms with van der Waals surface area (Å²) in [5.74, 6) is -0.122. The van der Waals surface area contributed by atoms with Crippen molar-refractivity contribution in [2.45, 2.75) is 18.9 Å². The standard InChI is InChI=1S/C14H16N2O2S/c1-14(18,12-4-6-19-9-12)10-16-13(17)7-11-3-2-5-15-8-11/h2-6,8-9,18H,7,10H2,1H3,(H,16,17). The summed E-state index contributed by atoms with van der Waals surface area (Å²) < 4.78 is 0. The van der Waals surface area contributed by atoms with E-state index < -0.39 is 5.60 Å². The molecular formula is C14H16N2O2S. The monoisotopic (exact) mass is 276 g/mol. The third kappa shape index (κ3) is 3.87. The second-order valence-electron chi connectivity index (χ2n) is 4.60. The number of hydrogen-bond acceptors (Lipinski definition) is 4. The molecule has 2 aromatic heterocycles. The Kier molecular flexibility index (Phi) is 4.29. The molecule has 4 nitrogen and oxygen atoms in total. The van der Waals surface area contributed by atoms with E-state index in [9.17, 15) is 9.90 Å². The molecule has 2 rings (SSSR count). The summed E-state index contributed by atoms with van der Waals surface area (Å²) in [6, 6.07) is 5.51. The highest BCUT2D eigenvalue weighted by atomic mass is 32.1. The average molecular weight is 276 g/mol. The lowest BCUT2D eigenvalue weighted by molar-refractivity contribution is -0.121. The van der Waals surface area contributed by atoms with Gasteiger partial charge in [-0.15, -0.1) is 0 Å². The first-order chi connectivity index (χ1) is 9.08. The Morgan fingerprint density at radius 3 is 3.00 bits per heavy atom. The molecule has 0 saturated carbocycles. The van der Waals surface area contributed by atoms with Gasteiger partial charge in [0.15, 0.2) is 0 Å². The number of nitrogens with zero attached hydrogens (tertiary/aromatic N) is 1. The molecule has 2 heterocycles. The maximum atomic E-state index is 11.8. The molecule has 0 saturated heterocycles. The van der Waals surface area contributed by atoms with Crippen molar-refractivity contribution in [3.8, 4) is 0 Å². The zero-order chi connectivity index (χ0) is 13.7. The van der Waals surface area contributed by atoms with E-state index in [-0.39, 0.29) is 18.9 Å². The summed E-state index contributed by atoms with van der Waals surface area (Å²) in [6.07, 6.45) is 3.60. The molecule has 2 N–H and O–H groups in total. The lowest BCUT2D eigenvalue weighted by Gasteiger charge is -2.22. The van der Waals surface area contributed by atoms with Crippen LogP contribution in [0, 0.1) is 0 Å². The zero-order valence-electron chi connectivity index (χ0n) is 10.7. The van der Waals surface area contributed by atoms with Gasteiger partial charge in [-0.2, -0.15) is 11.3 Å². The van der Waals surface area contributed by atoms with Crippen molar-refractivity contribution in [2.24, 2.45) is 0 Å². The first kappa shape index (κ1) is 13.7. The van der Waals surface area contributed by atoms with Gasteiger partial charge in [0, 0.05) is 12.4 Å². The van der Waals surface area contributed by atoms with Crippen LogP contribution < -0.4 is 5.32 Å². The second-order valence-corrected chi connectivity index (χ2v) is 5.38.